The number of rotatable bonds is 3. The Morgan fingerprint density at radius 1 is 0.952 bits per heavy atom. The molecule has 0 heterocycles. The van der Waals surface area contributed by atoms with Crippen LogP contribution in [0.2, 0.25) is 0 Å². The fourth-order valence-corrected chi connectivity index (χ4v) is 2.49. The van der Waals surface area contributed by atoms with Crippen molar-refractivity contribution in [2.24, 2.45) is 0 Å². The lowest BCUT2D eigenvalue weighted by atomic mass is 10.1. The number of hydrogen-bond donors (Lipinski definition) is 3. The largest absolute Gasteiger partial charge is 0.399 e. The number of halogens is 1. The Balaban J connectivity index is 2.46. The molecule has 0 saturated heterocycles. The lowest BCUT2D eigenvalue weighted by molar-refractivity contribution is 0.483. The van der Waals surface area contributed by atoms with E-state index in [0.717, 1.165) is 12.1 Å². The number of hydrogen-bond acceptors (Lipinski definition) is 4. The van der Waals surface area contributed by atoms with Crippen molar-refractivity contribution >= 4 is 33.6 Å². The first-order chi connectivity index (χ1) is 9.77. The molecule has 110 valence electrons. The summed E-state index contributed by atoms with van der Waals surface area (Å²) in [4.78, 5) is -0.338. The quantitative estimate of drug-likeness (QED) is 0.458. The molecular weight excluding hydrogens is 295 g/mol. The monoisotopic (exact) mass is 308 g/mol. The zero-order valence-electron chi connectivity index (χ0n) is 10.8. The molecule has 2 aromatic carbocycles. The molecule has 0 radical (unpaired) electrons. The summed E-state index contributed by atoms with van der Waals surface area (Å²) in [5.74, 6) is -0.532. The van der Waals surface area contributed by atoms with Gasteiger partial charge in [-0.2, -0.15) is 8.42 Å². The van der Waals surface area contributed by atoms with Gasteiger partial charge in [0.05, 0.1) is 0 Å². The highest BCUT2D eigenvalue weighted by Gasteiger charge is 2.14. The van der Waals surface area contributed by atoms with Crippen LogP contribution < -0.4 is 11.5 Å². The van der Waals surface area contributed by atoms with Crippen LogP contribution in [-0.2, 0) is 10.1 Å². The maximum Gasteiger partial charge on any atom is 0.295 e. The standard InChI is InChI=1S/C14H13FN2O3S/c15-13-7-11(16)5-3-9(13)1-2-10-4-6-12(17)8-14(10)21(18,19)20/h1-8H,16-17H2,(H,18,19,20). The molecule has 0 aliphatic rings. The van der Waals surface area contributed by atoms with Gasteiger partial charge in [-0.05, 0) is 35.9 Å². The molecule has 2 aromatic rings. The van der Waals surface area contributed by atoms with Crippen LogP contribution >= 0.6 is 0 Å². The highest BCUT2D eigenvalue weighted by molar-refractivity contribution is 7.86. The minimum absolute atomic E-state index is 0.193. The van der Waals surface area contributed by atoms with Gasteiger partial charge < -0.3 is 11.5 Å². The third-order valence-corrected chi connectivity index (χ3v) is 3.69. The Labute approximate surface area is 121 Å². The molecule has 0 spiro atoms. The van der Waals surface area contributed by atoms with E-state index in [2.05, 4.69) is 0 Å². The number of nitrogens with two attached hydrogens (primary N) is 2. The van der Waals surface area contributed by atoms with Gasteiger partial charge in [0.15, 0.2) is 0 Å². The minimum Gasteiger partial charge on any atom is -0.399 e. The zero-order chi connectivity index (χ0) is 15.6. The van der Waals surface area contributed by atoms with E-state index in [9.17, 15) is 17.4 Å². The molecule has 0 aliphatic carbocycles. The van der Waals surface area contributed by atoms with Gasteiger partial charge in [-0.1, -0.05) is 18.2 Å². The van der Waals surface area contributed by atoms with Gasteiger partial charge in [-0.25, -0.2) is 4.39 Å². The van der Waals surface area contributed by atoms with E-state index >= 15 is 0 Å². The first kappa shape index (κ1) is 15.0. The third-order valence-electron chi connectivity index (χ3n) is 2.78. The maximum atomic E-state index is 13.6. The summed E-state index contributed by atoms with van der Waals surface area (Å²) < 4.78 is 45.4. The van der Waals surface area contributed by atoms with Gasteiger partial charge in [0.25, 0.3) is 10.1 Å². The summed E-state index contributed by atoms with van der Waals surface area (Å²) in [5, 5.41) is 0. The molecule has 21 heavy (non-hydrogen) atoms. The summed E-state index contributed by atoms with van der Waals surface area (Å²) in [5.41, 5.74) is 11.9. The molecule has 2 rings (SSSR count). The molecule has 0 aromatic heterocycles. The van der Waals surface area contributed by atoms with Gasteiger partial charge in [-0.3, -0.25) is 4.55 Å². The smallest absolute Gasteiger partial charge is 0.295 e. The molecule has 7 heteroatoms. The second-order valence-electron chi connectivity index (χ2n) is 4.39. The summed E-state index contributed by atoms with van der Waals surface area (Å²) in [6.07, 6.45) is 2.76. The van der Waals surface area contributed by atoms with Crippen LogP contribution in [0.1, 0.15) is 11.1 Å². The molecule has 0 bridgehead atoms. The highest BCUT2D eigenvalue weighted by Crippen LogP contribution is 2.22. The summed E-state index contributed by atoms with van der Waals surface area (Å²) in [7, 11) is -4.42. The molecular formula is C14H13FN2O3S. The van der Waals surface area contributed by atoms with E-state index in [1.54, 1.807) is 0 Å². The minimum atomic E-state index is -4.42. The molecule has 5 N–H and O–H groups in total. The topological polar surface area (TPSA) is 106 Å². The Hall–Kier alpha value is -2.38. The Bertz CT molecular complexity index is 817. The molecule has 0 unspecified atom stereocenters. The SMILES string of the molecule is Nc1ccc(C=Cc2ccc(N)cc2S(=O)(=O)O)c(F)c1. The normalized spacial score (nSPS) is 11.9. The number of anilines is 2. The highest BCUT2D eigenvalue weighted by atomic mass is 32.2. The average Bonchev–Trinajstić information content (AvgIpc) is 2.38. The summed E-state index contributed by atoms with van der Waals surface area (Å²) >= 11 is 0. The van der Waals surface area contributed by atoms with Crippen LogP contribution in [0, 0.1) is 5.82 Å². The van der Waals surface area contributed by atoms with Crippen LogP contribution in [0.25, 0.3) is 12.2 Å². The van der Waals surface area contributed by atoms with E-state index in [-0.39, 0.29) is 27.4 Å². The van der Waals surface area contributed by atoms with E-state index in [1.165, 1.54) is 36.4 Å². The second-order valence-corrected chi connectivity index (χ2v) is 5.78. The lowest BCUT2D eigenvalue weighted by Crippen LogP contribution is -2.02. The third kappa shape index (κ3) is 3.59. The Kier molecular flexibility index (Phi) is 3.97. The van der Waals surface area contributed by atoms with Crippen molar-refractivity contribution in [3.63, 3.8) is 0 Å². The van der Waals surface area contributed by atoms with Gasteiger partial charge in [0, 0.05) is 16.9 Å². The van der Waals surface area contributed by atoms with Crippen molar-refractivity contribution in [2.75, 3.05) is 11.5 Å². The van der Waals surface area contributed by atoms with Gasteiger partial charge >= 0.3 is 0 Å². The van der Waals surface area contributed by atoms with Crippen molar-refractivity contribution in [3.05, 3.63) is 53.3 Å². The van der Waals surface area contributed by atoms with Crippen LogP contribution in [0.3, 0.4) is 0 Å². The maximum absolute atomic E-state index is 13.6. The Morgan fingerprint density at radius 2 is 1.48 bits per heavy atom. The zero-order valence-corrected chi connectivity index (χ0v) is 11.6. The van der Waals surface area contributed by atoms with E-state index in [4.69, 9.17) is 11.5 Å². The van der Waals surface area contributed by atoms with Gasteiger partial charge in [-0.15, -0.1) is 0 Å². The lowest BCUT2D eigenvalue weighted by Gasteiger charge is -2.04. The fourth-order valence-electron chi connectivity index (χ4n) is 1.77. The van der Waals surface area contributed by atoms with Crippen LogP contribution in [0.4, 0.5) is 15.8 Å². The number of nitrogen functional groups attached to an aromatic ring is 2. The van der Waals surface area contributed by atoms with Crippen LogP contribution in [0.15, 0.2) is 41.3 Å². The summed E-state index contributed by atoms with van der Waals surface area (Å²) in [6.45, 7) is 0. The second kappa shape index (κ2) is 5.55. The molecule has 0 fully saturated rings. The first-order valence-electron chi connectivity index (χ1n) is 5.87. The predicted molar refractivity (Wildman–Crippen MR) is 80.4 cm³/mol. The molecule has 5 nitrogen and oxygen atoms in total. The van der Waals surface area contributed by atoms with Gasteiger partial charge in [0.2, 0.25) is 0 Å². The van der Waals surface area contributed by atoms with Crippen molar-refractivity contribution in [3.8, 4) is 0 Å². The first-order valence-corrected chi connectivity index (χ1v) is 7.31. The van der Waals surface area contributed by atoms with E-state index in [1.807, 2.05) is 0 Å². The fraction of sp³-hybridized carbons (Fsp3) is 0. The number of benzene rings is 2. The molecule has 0 aliphatic heterocycles. The van der Waals surface area contributed by atoms with Crippen LogP contribution in [-0.4, -0.2) is 13.0 Å². The molecule has 0 atom stereocenters. The molecule has 0 saturated carbocycles. The van der Waals surface area contributed by atoms with Crippen molar-refractivity contribution in [1.29, 1.82) is 0 Å². The van der Waals surface area contributed by atoms with Crippen LogP contribution in [0.5, 0.6) is 0 Å². The summed E-state index contributed by atoms with van der Waals surface area (Å²) in [6, 6.07) is 8.18. The predicted octanol–water partition coefficient (Wildman–Crippen LogP) is 2.41. The average molecular weight is 308 g/mol. The van der Waals surface area contributed by atoms with Crippen molar-refractivity contribution < 1.29 is 17.4 Å². The van der Waals surface area contributed by atoms with Crippen molar-refractivity contribution in [1.82, 2.24) is 0 Å². The van der Waals surface area contributed by atoms with Gasteiger partial charge in [0.1, 0.15) is 10.7 Å². The Morgan fingerprint density at radius 3 is 2.05 bits per heavy atom. The van der Waals surface area contributed by atoms with Crippen molar-refractivity contribution in [2.45, 2.75) is 4.90 Å². The van der Waals surface area contributed by atoms with E-state index in [0.29, 0.717) is 0 Å². The molecule has 0 amide bonds. The van der Waals surface area contributed by atoms with E-state index < -0.39 is 15.9 Å².